The summed E-state index contributed by atoms with van der Waals surface area (Å²) in [6, 6.07) is 15.6. The van der Waals surface area contributed by atoms with Gasteiger partial charge in [0, 0.05) is 18.9 Å². The lowest BCUT2D eigenvalue weighted by Crippen LogP contribution is -2.53. The zero-order valence-electron chi connectivity index (χ0n) is 26.0. The predicted octanol–water partition coefficient (Wildman–Crippen LogP) is 8.47. The van der Waals surface area contributed by atoms with Crippen LogP contribution in [0.2, 0.25) is 0 Å². The van der Waals surface area contributed by atoms with Crippen molar-refractivity contribution in [3.8, 4) is 5.75 Å². The van der Waals surface area contributed by atoms with Crippen molar-refractivity contribution >= 4 is 12.0 Å². The van der Waals surface area contributed by atoms with Crippen LogP contribution in [0.1, 0.15) is 61.3 Å². The number of carbonyl (C=O) groups is 2. The molecular formula is C34H36F8N2O4. The van der Waals surface area contributed by atoms with Crippen molar-refractivity contribution in [1.29, 1.82) is 0 Å². The quantitative estimate of drug-likeness (QED) is 0.0848. The van der Waals surface area contributed by atoms with Crippen molar-refractivity contribution in [3.63, 3.8) is 0 Å². The average molecular weight is 689 g/mol. The Morgan fingerprint density at radius 3 is 2.17 bits per heavy atom. The van der Waals surface area contributed by atoms with Gasteiger partial charge in [0.25, 0.3) is 0 Å². The summed E-state index contributed by atoms with van der Waals surface area (Å²) in [5, 5.41) is 4.22. The number of rotatable bonds is 17. The number of amides is 2. The number of carbonyl (C=O) groups excluding carboxylic acids is 2. The Bertz CT molecular complexity index is 1490. The van der Waals surface area contributed by atoms with Crippen molar-refractivity contribution in [2.24, 2.45) is 0 Å². The highest BCUT2D eigenvalue weighted by atomic mass is 19.4. The zero-order valence-corrected chi connectivity index (χ0v) is 26.0. The number of halogens is 8. The lowest BCUT2D eigenvalue weighted by molar-refractivity contribution is -0.253. The highest BCUT2D eigenvalue weighted by Gasteiger charge is 2.45. The van der Waals surface area contributed by atoms with E-state index in [4.69, 9.17) is 4.74 Å². The first kappa shape index (κ1) is 38.1. The summed E-state index contributed by atoms with van der Waals surface area (Å²) in [5.41, 5.74) is -0.710. The van der Waals surface area contributed by atoms with Gasteiger partial charge in [-0.15, -0.1) is 0 Å². The SMILES string of the molecule is CCOC(=O)CCCCCCc1cccc(C(Cc2ccccc2)(NC(=O)NCC(F)(F)F)c2cc(F)cc(OC(F)(F)C(F)F)c2)c1. The van der Waals surface area contributed by atoms with Gasteiger partial charge in [-0.05, 0) is 60.6 Å². The molecule has 0 radical (unpaired) electrons. The van der Waals surface area contributed by atoms with E-state index in [1.54, 1.807) is 60.8 Å². The fourth-order valence-corrected chi connectivity index (χ4v) is 5.13. The van der Waals surface area contributed by atoms with Crippen LogP contribution in [0.25, 0.3) is 0 Å². The van der Waals surface area contributed by atoms with E-state index in [-0.39, 0.29) is 29.9 Å². The molecule has 262 valence electrons. The van der Waals surface area contributed by atoms with Crippen LogP contribution >= 0.6 is 0 Å². The fraction of sp³-hybridized carbons (Fsp3) is 0.412. The van der Waals surface area contributed by atoms with Gasteiger partial charge < -0.3 is 20.1 Å². The number of ether oxygens (including phenoxy) is 2. The van der Waals surface area contributed by atoms with Gasteiger partial charge in [0.15, 0.2) is 0 Å². The van der Waals surface area contributed by atoms with Gasteiger partial charge >= 0.3 is 30.7 Å². The Kier molecular flexibility index (Phi) is 13.6. The summed E-state index contributed by atoms with van der Waals surface area (Å²) in [7, 11) is 0. The first-order valence-electron chi connectivity index (χ1n) is 15.2. The summed E-state index contributed by atoms with van der Waals surface area (Å²) < 4.78 is 117. The van der Waals surface area contributed by atoms with Crippen molar-refractivity contribution in [2.75, 3.05) is 13.2 Å². The molecule has 0 spiro atoms. The van der Waals surface area contributed by atoms with Gasteiger partial charge in [0.1, 0.15) is 18.1 Å². The van der Waals surface area contributed by atoms with Crippen LogP contribution in [0.3, 0.4) is 0 Å². The minimum Gasteiger partial charge on any atom is -0.466 e. The Balaban J connectivity index is 2.07. The topological polar surface area (TPSA) is 76.7 Å². The Morgan fingerprint density at radius 2 is 1.50 bits per heavy atom. The van der Waals surface area contributed by atoms with Crippen LogP contribution < -0.4 is 15.4 Å². The van der Waals surface area contributed by atoms with Gasteiger partial charge in [0.2, 0.25) is 0 Å². The Labute approximate surface area is 272 Å². The van der Waals surface area contributed by atoms with E-state index < -0.39 is 48.4 Å². The molecule has 6 nitrogen and oxygen atoms in total. The number of esters is 1. The predicted molar refractivity (Wildman–Crippen MR) is 161 cm³/mol. The van der Waals surface area contributed by atoms with Crippen LogP contribution in [-0.2, 0) is 27.9 Å². The monoisotopic (exact) mass is 688 g/mol. The van der Waals surface area contributed by atoms with Crippen molar-refractivity contribution in [3.05, 3.63) is 101 Å². The van der Waals surface area contributed by atoms with Crippen molar-refractivity contribution in [2.45, 2.75) is 76.1 Å². The van der Waals surface area contributed by atoms with Crippen LogP contribution in [0.15, 0.2) is 72.8 Å². The largest absolute Gasteiger partial charge is 0.466 e. The number of aryl methyl sites for hydroxylation is 1. The Morgan fingerprint density at radius 1 is 0.812 bits per heavy atom. The molecule has 0 saturated heterocycles. The number of hydrogen-bond donors (Lipinski definition) is 2. The minimum atomic E-state index is -5.00. The molecule has 0 fully saturated rings. The van der Waals surface area contributed by atoms with Crippen LogP contribution in [0.4, 0.5) is 39.9 Å². The summed E-state index contributed by atoms with van der Waals surface area (Å²) in [5.74, 6) is -2.47. The Hall–Kier alpha value is -4.36. The number of hydrogen-bond acceptors (Lipinski definition) is 4. The van der Waals surface area contributed by atoms with Gasteiger partial charge in [-0.3, -0.25) is 4.79 Å². The van der Waals surface area contributed by atoms with Crippen LogP contribution in [0.5, 0.6) is 5.75 Å². The van der Waals surface area contributed by atoms with E-state index in [2.05, 4.69) is 10.1 Å². The summed E-state index contributed by atoms with van der Waals surface area (Å²) >= 11 is 0. The van der Waals surface area contributed by atoms with Gasteiger partial charge in [-0.1, -0.05) is 67.4 Å². The molecule has 14 heteroatoms. The van der Waals surface area contributed by atoms with E-state index >= 15 is 4.39 Å². The van der Waals surface area contributed by atoms with E-state index in [1.807, 2.05) is 0 Å². The second-order valence-electron chi connectivity index (χ2n) is 11.1. The van der Waals surface area contributed by atoms with Crippen molar-refractivity contribution < 1.29 is 54.2 Å². The van der Waals surface area contributed by atoms with E-state index in [9.17, 15) is 40.3 Å². The molecule has 2 amide bonds. The molecule has 0 bridgehead atoms. The molecule has 2 N–H and O–H groups in total. The van der Waals surface area contributed by atoms with Gasteiger partial charge in [0.05, 0.1) is 12.1 Å². The lowest BCUT2D eigenvalue weighted by atomic mass is 9.77. The summed E-state index contributed by atoms with van der Waals surface area (Å²) in [4.78, 5) is 24.6. The van der Waals surface area contributed by atoms with Crippen LogP contribution in [-0.4, -0.2) is 43.9 Å². The van der Waals surface area contributed by atoms with Crippen molar-refractivity contribution in [1.82, 2.24) is 10.6 Å². The molecule has 0 heterocycles. The third-order valence-corrected chi connectivity index (χ3v) is 7.28. The first-order chi connectivity index (χ1) is 22.6. The molecule has 3 aromatic carbocycles. The average Bonchev–Trinajstić information content (AvgIpc) is 3.01. The molecule has 48 heavy (non-hydrogen) atoms. The molecule has 0 aliphatic heterocycles. The number of benzene rings is 3. The molecule has 3 rings (SSSR count). The molecule has 0 aliphatic carbocycles. The number of urea groups is 1. The maximum Gasteiger partial charge on any atom is 0.461 e. The molecule has 0 saturated carbocycles. The zero-order chi connectivity index (χ0) is 35.4. The smallest absolute Gasteiger partial charge is 0.461 e. The number of nitrogens with one attached hydrogen (secondary N) is 2. The van der Waals surface area contributed by atoms with E-state index in [0.29, 0.717) is 37.5 Å². The van der Waals surface area contributed by atoms with Gasteiger partial charge in [-0.25, -0.2) is 9.18 Å². The number of alkyl halides is 7. The first-order valence-corrected chi connectivity index (χ1v) is 15.2. The molecule has 0 aliphatic rings. The molecule has 0 aromatic heterocycles. The third kappa shape index (κ3) is 11.7. The van der Waals surface area contributed by atoms with Crippen LogP contribution in [0, 0.1) is 5.82 Å². The minimum absolute atomic E-state index is 0.223. The van der Waals surface area contributed by atoms with E-state index in [0.717, 1.165) is 30.5 Å². The fourth-order valence-electron chi connectivity index (χ4n) is 5.13. The number of unbranched alkanes of at least 4 members (excludes halogenated alkanes) is 3. The maximum atomic E-state index is 15.1. The highest BCUT2D eigenvalue weighted by Crippen LogP contribution is 2.38. The highest BCUT2D eigenvalue weighted by molar-refractivity contribution is 5.76. The third-order valence-electron chi connectivity index (χ3n) is 7.28. The van der Waals surface area contributed by atoms with E-state index in [1.165, 1.54) is 6.07 Å². The lowest BCUT2D eigenvalue weighted by Gasteiger charge is -2.37. The second-order valence-corrected chi connectivity index (χ2v) is 11.1. The van der Waals surface area contributed by atoms with Gasteiger partial charge in [-0.2, -0.15) is 30.7 Å². The maximum absolute atomic E-state index is 15.1. The standard InChI is InChI=1S/C34H36F8N2O4/c1-2-47-29(45)16-9-4-3-6-11-23-14-10-15-25(17-23)32(21-24-12-7-5-8-13-24,44-31(46)43-22-33(38,39)40)26-18-27(35)20-28(19-26)48-34(41,42)30(36)37/h5,7-8,10,12-15,17-20,30H,2-4,6,9,11,16,21-22H2,1H3,(H2,43,44,46). The molecule has 1 unspecified atom stereocenters. The molecular weight excluding hydrogens is 652 g/mol. The normalized spacial score (nSPS) is 13.1. The summed E-state index contributed by atoms with van der Waals surface area (Å²) in [6.07, 6.45) is -10.7. The molecule has 3 aromatic rings. The second kappa shape index (κ2) is 17.2. The summed E-state index contributed by atoms with van der Waals surface area (Å²) in [6.45, 7) is 0.304. The molecule has 1 atom stereocenters.